The fourth-order valence-corrected chi connectivity index (χ4v) is 0.860. The van der Waals surface area contributed by atoms with Crippen LogP contribution in [-0.4, -0.2) is 43.9 Å². The topological polar surface area (TPSA) is 93.4 Å². The Morgan fingerprint density at radius 1 is 1.41 bits per heavy atom. The molecule has 0 saturated carbocycles. The first-order chi connectivity index (χ1) is 7.72. The van der Waals surface area contributed by atoms with Gasteiger partial charge in [0.05, 0.1) is 6.04 Å². The van der Waals surface area contributed by atoms with Crippen LogP contribution in [0.4, 0.5) is 18.0 Å². The number of nitrogens with two attached hydrogens (primary N) is 1. The average Bonchev–Trinajstić information content (AvgIpc) is 2.19. The quantitative estimate of drug-likeness (QED) is 0.571. The van der Waals surface area contributed by atoms with Crippen molar-refractivity contribution >= 4 is 12.0 Å². The van der Waals surface area contributed by atoms with E-state index in [0.29, 0.717) is 0 Å². The molecule has 0 heterocycles. The molecule has 0 aromatic rings. The lowest BCUT2D eigenvalue weighted by atomic mass is 10.3. The Kier molecular flexibility index (Phi) is 6.33. The van der Waals surface area contributed by atoms with Crippen molar-refractivity contribution in [1.82, 2.24) is 10.6 Å². The van der Waals surface area contributed by atoms with Crippen molar-refractivity contribution < 1.29 is 27.5 Å². The van der Waals surface area contributed by atoms with Gasteiger partial charge in [-0.3, -0.25) is 4.79 Å². The van der Waals surface area contributed by atoms with Crippen LogP contribution in [0.25, 0.3) is 0 Å². The molecule has 0 saturated heterocycles. The minimum Gasteiger partial charge on any atom is -0.448 e. The van der Waals surface area contributed by atoms with Gasteiger partial charge in [0, 0.05) is 6.54 Å². The number of hydrogen-bond donors (Lipinski definition) is 3. The van der Waals surface area contributed by atoms with Crippen molar-refractivity contribution in [2.24, 2.45) is 5.73 Å². The van der Waals surface area contributed by atoms with Gasteiger partial charge in [-0.05, 0) is 6.92 Å². The summed E-state index contributed by atoms with van der Waals surface area (Å²) >= 11 is 0. The highest BCUT2D eigenvalue weighted by Gasteiger charge is 2.28. The number of carbonyl (C=O) groups excluding carboxylic acids is 2. The van der Waals surface area contributed by atoms with Gasteiger partial charge in [0.1, 0.15) is 13.2 Å². The molecule has 0 radical (unpaired) electrons. The van der Waals surface area contributed by atoms with Crippen molar-refractivity contribution in [1.29, 1.82) is 0 Å². The number of alkyl halides is 3. The highest BCUT2D eigenvalue weighted by atomic mass is 19.4. The monoisotopic (exact) mass is 257 g/mol. The SMILES string of the molecule is CC(NCCOC(N)=O)C(=O)NCC(F)(F)F. The van der Waals surface area contributed by atoms with Crippen LogP contribution in [0.3, 0.4) is 0 Å². The highest BCUT2D eigenvalue weighted by Crippen LogP contribution is 2.12. The van der Waals surface area contributed by atoms with E-state index < -0.39 is 30.8 Å². The maximum absolute atomic E-state index is 11.8. The number of rotatable bonds is 6. The summed E-state index contributed by atoms with van der Waals surface area (Å²) in [6.45, 7) is 0.0569. The van der Waals surface area contributed by atoms with Crippen LogP contribution in [0.15, 0.2) is 0 Å². The molecule has 9 heteroatoms. The second kappa shape index (κ2) is 6.94. The first kappa shape index (κ1) is 15.5. The van der Waals surface area contributed by atoms with Crippen LogP contribution in [0.5, 0.6) is 0 Å². The molecule has 17 heavy (non-hydrogen) atoms. The zero-order valence-corrected chi connectivity index (χ0v) is 9.13. The van der Waals surface area contributed by atoms with Gasteiger partial charge >= 0.3 is 12.3 Å². The number of ether oxygens (including phenoxy) is 1. The zero-order valence-electron chi connectivity index (χ0n) is 9.13. The molecule has 2 amide bonds. The summed E-state index contributed by atoms with van der Waals surface area (Å²) in [7, 11) is 0. The summed E-state index contributed by atoms with van der Waals surface area (Å²) in [5.74, 6) is -0.790. The highest BCUT2D eigenvalue weighted by molar-refractivity contribution is 5.81. The van der Waals surface area contributed by atoms with E-state index in [1.54, 1.807) is 5.32 Å². The van der Waals surface area contributed by atoms with Crippen LogP contribution < -0.4 is 16.4 Å². The summed E-state index contributed by atoms with van der Waals surface area (Å²) < 4.78 is 39.7. The molecule has 0 aromatic carbocycles. The Labute approximate surface area is 95.7 Å². The molecular weight excluding hydrogens is 243 g/mol. The zero-order chi connectivity index (χ0) is 13.5. The standard InChI is InChI=1S/C8H14F3N3O3/c1-5(13-2-3-17-7(12)16)6(15)14-4-8(9,10)11/h5,13H,2-4H2,1H3,(H2,12,16)(H,14,15). The van der Waals surface area contributed by atoms with Gasteiger partial charge in [0.2, 0.25) is 5.91 Å². The Hall–Kier alpha value is -1.51. The molecule has 6 nitrogen and oxygen atoms in total. The van der Waals surface area contributed by atoms with Crippen LogP contribution >= 0.6 is 0 Å². The van der Waals surface area contributed by atoms with E-state index in [0.717, 1.165) is 0 Å². The second-order valence-electron chi connectivity index (χ2n) is 3.18. The number of hydrogen-bond acceptors (Lipinski definition) is 4. The molecule has 0 fully saturated rings. The largest absolute Gasteiger partial charge is 0.448 e. The predicted octanol–water partition coefficient (Wildman–Crippen LogP) is -0.262. The summed E-state index contributed by atoms with van der Waals surface area (Å²) in [6.07, 6.45) is -5.40. The van der Waals surface area contributed by atoms with E-state index in [-0.39, 0.29) is 13.2 Å². The first-order valence-electron chi connectivity index (χ1n) is 4.72. The molecule has 0 spiro atoms. The maximum atomic E-state index is 11.8. The summed E-state index contributed by atoms with van der Waals surface area (Å²) in [4.78, 5) is 21.3. The Morgan fingerprint density at radius 2 is 2.00 bits per heavy atom. The molecule has 0 aromatic heterocycles. The van der Waals surface area contributed by atoms with Gasteiger partial charge < -0.3 is 21.1 Å². The molecule has 0 bridgehead atoms. The fourth-order valence-electron chi connectivity index (χ4n) is 0.860. The second-order valence-corrected chi connectivity index (χ2v) is 3.18. The lowest BCUT2D eigenvalue weighted by Gasteiger charge is -2.14. The summed E-state index contributed by atoms with van der Waals surface area (Å²) in [5.41, 5.74) is 4.67. The molecule has 0 aliphatic heterocycles. The van der Waals surface area contributed by atoms with Crippen LogP contribution in [-0.2, 0) is 9.53 Å². The van der Waals surface area contributed by atoms with Gasteiger partial charge in [-0.1, -0.05) is 0 Å². The molecule has 4 N–H and O–H groups in total. The summed E-state index contributed by atoms with van der Waals surface area (Å²) in [6, 6.07) is -0.825. The molecular formula is C8H14F3N3O3. The van der Waals surface area contributed by atoms with Crippen LogP contribution in [0.1, 0.15) is 6.92 Å². The summed E-state index contributed by atoms with van der Waals surface area (Å²) in [5, 5.41) is 4.27. The van der Waals surface area contributed by atoms with E-state index in [1.165, 1.54) is 6.92 Å². The maximum Gasteiger partial charge on any atom is 0.405 e. The van der Waals surface area contributed by atoms with Crippen molar-refractivity contribution in [3.63, 3.8) is 0 Å². The number of halogens is 3. The van der Waals surface area contributed by atoms with Crippen LogP contribution in [0.2, 0.25) is 0 Å². The van der Waals surface area contributed by atoms with Crippen LogP contribution in [0, 0.1) is 0 Å². The van der Waals surface area contributed by atoms with Crippen molar-refractivity contribution in [3.05, 3.63) is 0 Å². The Morgan fingerprint density at radius 3 is 2.47 bits per heavy atom. The van der Waals surface area contributed by atoms with Gasteiger partial charge in [0.15, 0.2) is 0 Å². The van der Waals surface area contributed by atoms with Gasteiger partial charge in [-0.2, -0.15) is 13.2 Å². The Balaban J connectivity index is 3.71. The minimum atomic E-state index is -4.44. The number of primary amides is 1. The van der Waals surface area contributed by atoms with Gasteiger partial charge in [0.25, 0.3) is 0 Å². The lowest BCUT2D eigenvalue weighted by Crippen LogP contribution is -2.46. The first-order valence-corrected chi connectivity index (χ1v) is 4.72. The third-order valence-corrected chi connectivity index (χ3v) is 1.65. The van der Waals surface area contributed by atoms with E-state index in [1.807, 2.05) is 0 Å². The van der Waals surface area contributed by atoms with E-state index in [4.69, 9.17) is 0 Å². The van der Waals surface area contributed by atoms with Gasteiger partial charge in [-0.25, -0.2) is 4.79 Å². The third-order valence-electron chi connectivity index (χ3n) is 1.65. The fraction of sp³-hybridized carbons (Fsp3) is 0.750. The lowest BCUT2D eigenvalue weighted by molar-refractivity contribution is -0.139. The van der Waals surface area contributed by atoms with E-state index in [2.05, 4.69) is 15.8 Å². The molecule has 0 aliphatic rings. The predicted molar refractivity (Wildman–Crippen MR) is 52.1 cm³/mol. The number of carbonyl (C=O) groups is 2. The normalized spacial score (nSPS) is 12.9. The van der Waals surface area contributed by atoms with Crippen molar-refractivity contribution in [3.8, 4) is 0 Å². The molecule has 1 atom stereocenters. The molecule has 0 aliphatic carbocycles. The Bertz CT molecular complexity index is 270. The van der Waals surface area contributed by atoms with Crippen molar-refractivity contribution in [2.45, 2.75) is 19.1 Å². The number of nitrogens with one attached hydrogen (secondary N) is 2. The average molecular weight is 257 g/mol. The molecule has 1 unspecified atom stereocenters. The van der Waals surface area contributed by atoms with Gasteiger partial charge in [-0.15, -0.1) is 0 Å². The van der Waals surface area contributed by atoms with E-state index >= 15 is 0 Å². The van der Waals surface area contributed by atoms with E-state index in [9.17, 15) is 22.8 Å². The molecule has 0 rings (SSSR count). The molecule has 100 valence electrons. The number of amides is 2. The smallest absolute Gasteiger partial charge is 0.405 e. The van der Waals surface area contributed by atoms with Crippen molar-refractivity contribution in [2.75, 3.05) is 19.7 Å². The third kappa shape index (κ3) is 9.42. The minimum absolute atomic E-state index is 0.0633.